The summed E-state index contributed by atoms with van der Waals surface area (Å²) in [4.78, 5) is 11.9. The van der Waals surface area contributed by atoms with Crippen LogP contribution in [0.2, 0.25) is 0 Å². The van der Waals surface area contributed by atoms with Crippen molar-refractivity contribution in [1.82, 2.24) is 9.97 Å². The quantitative estimate of drug-likeness (QED) is 0.386. The monoisotopic (exact) mass is 444 g/mol. The van der Waals surface area contributed by atoms with Crippen LogP contribution in [0.4, 0.5) is 8.78 Å². The maximum atomic E-state index is 14.7. The standard InChI is InChI=1S/C22H22F2N4O2S/c1-3-4-7-30-20-12-27-19(11-28-20)18(24)9-14-5-6-17(23)15(8-14)16-10-22(16,13-29)31-21(25)26-2/h5-6,8-9,11-12,16,29H,7,10,13H2,1-2H3,(H2,25,26)/b18-9-/t16?,22-/m1/s1. The van der Waals surface area contributed by atoms with E-state index >= 15 is 0 Å². The van der Waals surface area contributed by atoms with Crippen molar-refractivity contribution in [2.45, 2.75) is 24.0 Å². The number of aliphatic hydroxyl groups excluding tert-OH is 1. The number of hydrogen-bond donors (Lipinski definition) is 2. The lowest BCUT2D eigenvalue weighted by atomic mass is 10.0. The largest absolute Gasteiger partial charge is 0.463 e. The summed E-state index contributed by atoms with van der Waals surface area (Å²) in [6.45, 7) is 1.70. The van der Waals surface area contributed by atoms with E-state index in [0.717, 1.165) is 0 Å². The first kappa shape index (κ1) is 22.7. The third-order valence-corrected chi connectivity index (χ3v) is 6.23. The second kappa shape index (κ2) is 9.90. The van der Waals surface area contributed by atoms with E-state index in [1.54, 1.807) is 20.0 Å². The van der Waals surface area contributed by atoms with Crippen molar-refractivity contribution in [3.05, 3.63) is 53.2 Å². The molecule has 1 aliphatic carbocycles. The highest BCUT2D eigenvalue weighted by atomic mass is 32.2. The minimum atomic E-state index is -0.620. The molecular weight excluding hydrogens is 422 g/mol. The number of benzene rings is 1. The molecule has 0 spiro atoms. The molecule has 2 atom stereocenters. The van der Waals surface area contributed by atoms with Crippen molar-refractivity contribution in [2.75, 3.05) is 20.3 Å². The second-order valence-corrected chi connectivity index (χ2v) is 8.31. The molecule has 1 saturated carbocycles. The lowest BCUT2D eigenvalue weighted by Crippen LogP contribution is -2.20. The highest BCUT2D eigenvalue weighted by Crippen LogP contribution is 2.60. The summed E-state index contributed by atoms with van der Waals surface area (Å²) >= 11 is 1.23. The fraction of sp³-hybridized carbons (Fsp3) is 0.318. The summed E-state index contributed by atoms with van der Waals surface area (Å²) in [5.41, 5.74) is 6.67. The van der Waals surface area contributed by atoms with Gasteiger partial charge in [-0.1, -0.05) is 23.7 Å². The predicted molar refractivity (Wildman–Crippen MR) is 119 cm³/mol. The van der Waals surface area contributed by atoms with Crippen molar-refractivity contribution in [2.24, 2.45) is 10.7 Å². The van der Waals surface area contributed by atoms with E-state index in [4.69, 9.17) is 10.5 Å². The van der Waals surface area contributed by atoms with Gasteiger partial charge in [-0.25, -0.2) is 18.7 Å². The number of halogens is 2. The Morgan fingerprint density at radius 2 is 2.26 bits per heavy atom. The number of nitrogens with two attached hydrogens (primary N) is 1. The lowest BCUT2D eigenvalue weighted by Gasteiger charge is -2.14. The Morgan fingerprint density at radius 1 is 1.45 bits per heavy atom. The molecule has 1 unspecified atom stereocenters. The Labute approximate surface area is 183 Å². The Morgan fingerprint density at radius 3 is 2.90 bits per heavy atom. The molecule has 1 fully saturated rings. The molecule has 3 rings (SSSR count). The molecular formula is C22H22F2N4O2S. The van der Waals surface area contributed by atoms with Gasteiger partial charge in [-0.15, -0.1) is 5.92 Å². The number of hydrogen-bond acceptors (Lipinski definition) is 6. The SMILES string of the molecule is CC#CCOc1cnc(/C(F)=C/c2ccc(F)c(C3C[C@]3(CO)SC(N)=NC)c2)cn1. The maximum Gasteiger partial charge on any atom is 0.233 e. The Hall–Kier alpha value is -2.96. The van der Waals surface area contributed by atoms with Crippen LogP contribution in [0.15, 0.2) is 35.6 Å². The van der Waals surface area contributed by atoms with E-state index < -0.39 is 16.4 Å². The topological polar surface area (TPSA) is 93.6 Å². The fourth-order valence-electron chi connectivity index (χ4n) is 3.09. The van der Waals surface area contributed by atoms with Crippen LogP contribution < -0.4 is 10.5 Å². The maximum absolute atomic E-state index is 14.7. The molecule has 162 valence electrons. The highest BCUT2D eigenvalue weighted by molar-refractivity contribution is 8.15. The predicted octanol–water partition coefficient (Wildman–Crippen LogP) is 3.38. The molecule has 3 N–H and O–H groups in total. The lowest BCUT2D eigenvalue weighted by molar-refractivity contribution is 0.286. The first-order valence-electron chi connectivity index (χ1n) is 9.46. The van der Waals surface area contributed by atoms with Gasteiger partial charge in [0.05, 0.1) is 23.7 Å². The zero-order valence-corrected chi connectivity index (χ0v) is 17.9. The van der Waals surface area contributed by atoms with Crippen molar-refractivity contribution >= 4 is 28.8 Å². The van der Waals surface area contributed by atoms with Crippen molar-refractivity contribution in [3.63, 3.8) is 0 Å². The van der Waals surface area contributed by atoms with Gasteiger partial charge in [-0.05, 0) is 42.7 Å². The van der Waals surface area contributed by atoms with Gasteiger partial charge in [0.15, 0.2) is 17.6 Å². The molecule has 1 aromatic carbocycles. The second-order valence-electron chi connectivity index (χ2n) is 6.87. The number of thioether (sulfide) groups is 1. The van der Waals surface area contributed by atoms with Crippen LogP contribution in [0.3, 0.4) is 0 Å². The molecule has 6 nitrogen and oxygen atoms in total. The van der Waals surface area contributed by atoms with Crippen LogP contribution in [0.1, 0.15) is 36.1 Å². The van der Waals surface area contributed by atoms with Crippen molar-refractivity contribution in [3.8, 4) is 17.7 Å². The van der Waals surface area contributed by atoms with Gasteiger partial charge in [-0.3, -0.25) is 4.99 Å². The number of amidine groups is 1. The van der Waals surface area contributed by atoms with Crippen LogP contribution >= 0.6 is 11.8 Å². The number of aliphatic hydroxyl groups is 1. The van der Waals surface area contributed by atoms with Crippen molar-refractivity contribution < 1.29 is 18.6 Å². The van der Waals surface area contributed by atoms with Crippen LogP contribution in [0, 0.1) is 17.7 Å². The van der Waals surface area contributed by atoms with Crippen LogP contribution in [-0.4, -0.2) is 45.3 Å². The molecule has 0 bridgehead atoms. The number of aliphatic imine (C=N–C) groups is 1. The normalized spacial score (nSPS) is 20.7. The van der Waals surface area contributed by atoms with Crippen molar-refractivity contribution in [1.29, 1.82) is 0 Å². The summed E-state index contributed by atoms with van der Waals surface area (Å²) in [6, 6.07) is 4.34. The molecule has 31 heavy (non-hydrogen) atoms. The number of rotatable bonds is 7. The zero-order chi connectivity index (χ0) is 22.4. The smallest absolute Gasteiger partial charge is 0.233 e. The first-order valence-corrected chi connectivity index (χ1v) is 10.3. The van der Waals surface area contributed by atoms with Crippen LogP contribution in [-0.2, 0) is 0 Å². The summed E-state index contributed by atoms with van der Waals surface area (Å²) in [6.07, 6.45) is 4.37. The van der Waals surface area contributed by atoms with Gasteiger partial charge in [0.2, 0.25) is 5.88 Å². The van der Waals surface area contributed by atoms with Crippen LogP contribution in [0.25, 0.3) is 11.9 Å². The first-order chi connectivity index (χ1) is 14.9. The zero-order valence-electron chi connectivity index (χ0n) is 17.1. The Kier molecular flexibility index (Phi) is 7.25. The Balaban J connectivity index is 1.78. The van der Waals surface area contributed by atoms with Gasteiger partial charge in [-0.2, -0.15) is 0 Å². The van der Waals surface area contributed by atoms with E-state index in [9.17, 15) is 13.9 Å². The summed E-state index contributed by atoms with van der Waals surface area (Å²) in [7, 11) is 1.56. The van der Waals surface area contributed by atoms with E-state index in [2.05, 4.69) is 26.8 Å². The van der Waals surface area contributed by atoms with Gasteiger partial charge < -0.3 is 15.6 Å². The highest BCUT2D eigenvalue weighted by Gasteiger charge is 2.56. The van der Waals surface area contributed by atoms with Gasteiger partial charge in [0, 0.05) is 13.0 Å². The minimum Gasteiger partial charge on any atom is -0.463 e. The molecule has 1 aromatic heterocycles. The summed E-state index contributed by atoms with van der Waals surface area (Å²) < 4.78 is 33.8. The third kappa shape index (κ3) is 5.40. The van der Waals surface area contributed by atoms with E-state index in [1.807, 2.05) is 0 Å². The average molecular weight is 445 g/mol. The molecule has 9 heteroatoms. The number of ether oxygens (including phenoxy) is 1. The van der Waals surface area contributed by atoms with E-state index in [0.29, 0.717) is 22.7 Å². The molecule has 2 aromatic rings. The third-order valence-electron chi connectivity index (χ3n) is 4.85. The van der Waals surface area contributed by atoms with Gasteiger partial charge in [0.1, 0.15) is 11.5 Å². The molecule has 0 amide bonds. The van der Waals surface area contributed by atoms with E-state index in [1.165, 1.54) is 42.4 Å². The molecule has 0 radical (unpaired) electrons. The fourth-order valence-corrected chi connectivity index (χ4v) is 4.18. The minimum absolute atomic E-state index is 0.0263. The summed E-state index contributed by atoms with van der Waals surface area (Å²) in [5.74, 6) is 4.38. The van der Waals surface area contributed by atoms with Gasteiger partial charge in [0.25, 0.3) is 0 Å². The number of aromatic nitrogens is 2. The number of nitrogens with zero attached hydrogens (tertiary/aromatic N) is 3. The van der Waals surface area contributed by atoms with Crippen LogP contribution in [0.5, 0.6) is 5.88 Å². The van der Waals surface area contributed by atoms with Gasteiger partial charge >= 0.3 is 0 Å². The van der Waals surface area contributed by atoms with E-state index in [-0.39, 0.29) is 30.7 Å². The average Bonchev–Trinajstić information content (AvgIpc) is 3.49. The molecule has 1 aliphatic rings. The summed E-state index contributed by atoms with van der Waals surface area (Å²) in [5, 5.41) is 10.1. The molecule has 0 saturated heterocycles. The molecule has 1 heterocycles. The molecule has 0 aliphatic heterocycles. The Bertz CT molecular complexity index is 1060.